The summed E-state index contributed by atoms with van der Waals surface area (Å²) < 4.78 is 47.1. The molecule has 0 unspecified atom stereocenters. The minimum Gasteiger partial charge on any atom is -0.487 e. The molecule has 0 saturated carbocycles. The van der Waals surface area contributed by atoms with Crippen molar-refractivity contribution < 1.29 is 32.6 Å². The molecule has 5 rings (SSSR count). The van der Waals surface area contributed by atoms with E-state index in [4.69, 9.17) is 14.2 Å². The van der Waals surface area contributed by atoms with E-state index in [1.165, 1.54) is 11.8 Å². The molecular formula is C24H25F2N3O5. The lowest BCUT2D eigenvalue weighted by Gasteiger charge is -2.22. The predicted molar refractivity (Wildman–Crippen MR) is 117 cm³/mol. The quantitative estimate of drug-likeness (QED) is 0.732. The van der Waals surface area contributed by atoms with Crippen LogP contribution in [0.5, 0.6) is 17.4 Å². The molecule has 0 bridgehead atoms. The number of nitrogens with zero attached hydrogens (tertiary/aromatic N) is 2. The molecule has 8 nitrogen and oxygen atoms in total. The second-order valence-corrected chi connectivity index (χ2v) is 9.08. The van der Waals surface area contributed by atoms with Gasteiger partial charge in [0.05, 0.1) is 24.4 Å². The second kappa shape index (κ2) is 8.41. The van der Waals surface area contributed by atoms with Gasteiger partial charge in [-0.15, -0.1) is 0 Å². The molecule has 0 radical (unpaired) electrons. The number of halogens is 2. The largest absolute Gasteiger partial charge is 0.487 e. The van der Waals surface area contributed by atoms with Crippen LogP contribution in [-0.2, 0) is 11.2 Å². The van der Waals surface area contributed by atoms with E-state index in [9.17, 15) is 18.4 Å². The SMILES string of the molecule is Cc1c(F)c2c(c(OC(C)C)c1F)C(=O)N1C[C@@H](Oc3cc4c(cn3)CCC(=O)N4)C[C@@H]1CO2. The van der Waals surface area contributed by atoms with Gasteiger partial charge in [0.25, 0.3) is 5.91 Å². The second-order valence-electron chi connectivity index (χ2n) is 9.08. The van der Waals surface area contributed by atoms with Gasteiger partial charge in [-0.3, -0.25) is 9.59 Å². The average Bonchev–Trinajstić information content (AvgIpc) is 3.14. The Morgan fingerprint density at radius 3 is 2.79 bits per heavy atom. The fourth-order valence-electron chi connectivity index (χ4n) is 4.60. The highest BCUT2D eigenvalue weighted by Crippen LogP contribution is 2.42. The summed E-state index contributed by atoms with van der Waals surface area (Å²) in [5, 5.41) is 2.81. The van der Waals surface area contributed by atoms with E-state index >= 15 is 0 Å². The lowest BCUT2D eigenvalue weighted by molar-refractivity contribution is -0.116. The highest BCUT2D eigenvalue weighted by atomic mass is 19.1. The zero-order valence-corrected chi connectivity index (χ0v) is 19.1. The number of hydrogen-bond donors (Lipinski definition) is 1. The van der Waals surface area contributed by atoms with E-state index in [1.807, 2.05) is 0 Å². The number of hydrogen-bond acceptors (Lipinski definition) is 6. The van der Waals surface area contributed by atoms with Gasteiger partial charge < -0.3 is 24.4 Å². The third-order valence-electron chi connectivity index (χ3n) is 6.28. The van der Waals surface area contributed by atoms with E-state index in [0.29, 0.717) is 30.8 Å². The standard InChI is InChI=1S/C24H25F2N3O5/c1-11(2)33-23-19-22(20(25)12(3)21(23)26)32-10-14-6-15(9-29(14)24(19)31)34-18-7-16-13(8-27-18)4-5-17(30)28-16/h7-8,11,14-15H,4-6,9-10H2,1-3H3,(H,28,30)/t14-,15+/m1/s1. The molecule has 1 aromatic heterocycles. The third kappa shape index (κ3) is 3.80. The van der Waals surface area contributed by atoms with Crippen LogP contribution in [0.2, 0.25) is 0 Å². The van der Waals surface area contributed by atoms with Gasteiger partial charge in [0.2, 0.25) is 11.8 Å². The minimum absolute atomic E-state index is 0.0371. The van der Waals surface area contributed by atoms with Crippen LogP contribution >= 0.6 is 0 Å². The van der Waals surface area contributed by atoms with Crippen molar-refractivity contribution in [1.82, 2.24) is 9.88 Å². The summed E-state index contributed by atoms with van der Waals surface area (Å²) in [5.74, 6) is -2.69. The highest BCUT2D eigenvalue weighted by molar-refractivity contribution is 6.01. The predicted octanol–water partition coefficient (Wildman–Crippen LogP) is 3.39. The molecule has 2 aromatic rings. The van der Waals surface area contributed by atoms with Crippen molar-refractivity contribution in [3.63, 3.8) is 0 Å². The molecular weight excluding hydrogens is 448 g/mol. The lowest BCUT2D eigenvalue weighted by atomic mass is 10.1. The minimum atomic E-state index is -0.910. The van der Waals surface area contributed by atoms with Crippen molar-refractivity contribution in [1.29, 1.82) is 0 Å². The van der Waals surface area contributed by atoms with Crippen LogP contribution < -0.4 is 19.5 Å². The number of rotatable bonds is 4. The molecule has 1 fully saturated rings. The number of aryl methyl sites for hydroxylation is 1. The molecule has 1 aromatic carbocycles. The van der Waals surface area contributed by atoms with Crippen molar-refractivity contribution >= 4 is 17.5 Å². The maximum Gasteiger partial charge on any atom is 0.262 e. The van der Waals surface area contributed by atoms with E-state index in [0.717, 1.165) is 5.56 Å². The van der Waals surface area contributed by atoms with Gasteiger partial charge in [-0.25, -0.2) is 13.8 Å². The zero-order valence-electron chi connectivity index (χ0n) is 19.1. The maximum absolute atomic E-state index is 14.9. The number of carbonyl (C=O) groups is 2. The molecule has 2 atom stereocenters. The molecule has 2 amide bonds. The van der Waals surface area contributed by atoms with Gasteiger partial charge >= 0.3 is 0 Å². The van der Waals surface area contributed by atoms with Crippen molar-refractivity contribution in [2.75, 3.05) is 18.5 Å². The van der Waals surface area contributed by atoms with Crippen molar-refractivity contribution in [2.24, 2.45) is 0 Å². The Hall–Kier alpha value is -3.43. The van der Waals surface area contributed by atoms with E-state index in [-0.39, 0.29) is 41.7 Å². The summed E-state index contributed by atoms with van der Waals surface area (Å²) in [6.45, 7) is 4.91. The van der Waals surface area contributed by atoms with Crippen molar-refractivity contribution in [2.45, 2.75) is 58.3 Å². The third-order valence-corrected chi connectivity index (χ3v) is 6.28. The number of fused-ring (bicyclic) bond motifs is 3. The number of pyridine rings is 1. The number of anilines is 1. The van der Waals surface area contributed by atoms with E-state index < -0.39 is 35.8 Å². The van der Waals surface area contributed by atoms with E-state index in [1.54, 1.807) is 26.1 Å². The number of carbonyl (C=O) groups excluding carboxylic acids is 2. The van der Waals surface area contributed by atoms with E-state index in [2.05, 4.69) is 10.3 Å². The molecule has 3 aliphatic rings. The number of amides is 2. The van der Waals surface area contributed by atoms with Crippen LogP contribution in [0.25, 0.3) is 0 Å². The lowest BCUT2D eigenvalue weighted by Crippen LogP contribution is -2.37. The van der Waals surface area contributed by atoms with Gasteiger partial charge in [0.1, 0.15) is 18.3 Å². The summed E-state index contributed by atoms with van der Waals surface area (Å²) in [4.78, 5) is 31.0. The zero-order chi connectivity index (χ0) is 24.1. The summed E-state index contributed by atoms with van der Waals surface area (Å²) >= 11 is 0. The molecule has 34 heavy (non-hydrogen) atoms. The van der Waals surface area contributed by atoms with Gasteiger partial charge in [0, 0.05) is 30.7 Å². The molecule has 3 aliphatic heterocycles. The van der Waals surface area contributed by atoms with Gasteiger partial charge in [-0.05, 0) is 32.8 Å². The normalized spacial score (nSPS) is 21.3. The molecule has 1 N–H and O–H groups in total. The first-order valence-electron chi connectivity index (χ1n) is 11.3. The first-order chi connectivity index (χ1) is 16.2. The molecule has 180 valence electrons. The van der Waals surface area contributed by atoms with Gasteiger partial charge in [-0.1, -0.05) is 0 Å². The van der Waals surface area contributed by atoms with Gasteiger partial charge in [0.15, 0.2) is 23.1 Å². The first kappa shape index (κ1) is 22.4. The van der Waals surface area contributed by atoms with Crippen molar-refractivity contribution in [3.8, 4) is 17.4 Å². The molecule has 1 saturated heterocycles. The Kier molecular flexibility index (Phi) is 5.53. The Bertz CT molecular complexity index is 1190. The highest BCUT2D eigenvalue weighted by Gasteiger charge is 2.44. The Balaban J connectivity index is 1.41. The summed E-state index contributed by atoms with van der Waals surface area (Å²) in [6.07, 6.45) is 2.30. The fourth-order valence-corrected chi connectivity index (χ4v) is 4.60. The average molecular weight is 473 g/mol. The van der Waals surface area contributed by atoms with Crippen LogP contribution in [-0.4, -0.2) is 53.1 Å². The van der Waals surface area contributed by atoms with Crippen LogP contribution in [0.1, 0.15) is 48.2 Å². The Morgan fingerprint density at radius 2 is 2.03 bits per heavy atom. The summed E-state index contributed by atoms with van der Waals surface area (Å²) in [5.41, 5.74) is 1.10. The van der Waals surface area contributed by atoms with Crippen LogP contribution in [0, 0.1) is 18.6 Å². The molecule has 10 heteroatoms. The Labute approximate surface area is 195 Å². The Morgan fingerprint density at radius 1 is 1.24 bits per heavy atom. The topological polar surface area (TPSA) is 90.0 Å². The summed E-state index contributed by atoms with van der Waals surface area (Å²) in [7, 11) is 0. The van der Waals surface area contributed by atoms with Crippen LogP contribution in [0.4, 0.5) is 14.5 Å². The maximum atomic E-state index is 14.9. The number of benzene rings is 1. The molecule has 4 heterocycles. The fraction of sp³-hybridized carbons (Fsp3) is 0.458. The number of ether oxygens (including phenoxy) is 3. The summed E-state index contributed by atoms with van der Waals surface area (Å²) in [6, 6.07) is 1.28. The number of nitrogens with one attached hydrogen (secondary N) is 1. The van der Waals surface area contributed by atoms with Crippen LogP contribution in [0.3, 0.4) is 0 Å². The number of aromatic nitrogens is 1. The first-order valence-corrected chi connectivity index (χ1v) is 11.3. The van der Waals surface area contributed by atoms with Crippen LogP contribution in [0.15, 0.2) is 12.3 Å². The molecule has 0 spiro atoms. The van der Waals surface area contributed by atoms with Gasteiger partial charge in [-0.2, -0.15) is 0 Å². The monoisotopic (exact) mass is 473 g/mol. The molecule has 0 aliphatic carbocycles. The van der Waals surface area contributed by atoms with Crippen molar-refractivity contribution in [3.05, 3.63) is 40.6 Å². The smallest absolute Gasteiger partial charge is 0.262 e.